The molecule has 2 rings (SSSR count). The largest absolute Gasteiger partial charge is 0.493 e. The molecule has 2 N–H and O–H groups in total. The molecule has 1 heterocycles. The van der Waals surface area contributed by atoms with Gasteiger partial charge in [0.1, 0.15) is 18.1 Å². The molecule has 8 heteroatoms. The van der Waals surface area contributed by atoms with Crippen molar-refractivity contribution in [1.82, 2.24) is 10.6 Å². The smallest absolute Gasteiger partial charge is 0.325 e. The summed E-state index contributed by atoms with van der Waals surface area (Å²) in [6.45, 7) is 3.16. The van der Waals surface area contributed by atoms with E-state index in [2.05, 4.69) is 10.6 Å². The number of benzene rings is 1. The third-order valence-corrected chi connectivity index (χ3v) is 3.54. The Labute approximate surface area is 156 Å². The lowest BCUT2D eigenvalue weighted by molar-refractivity contribution is -0.147. The number of furan rings is 1. The van der Waals surface area contributed by atoms with E-state index in [1.807, 2.05) is 6.92 Å². The standard InChI is InChI=1S/C19H22N2O6/c1-3-25-16-8-5-4-7-14(16)19(24)20-11-18(23)27-12-17(22)21-13(2)15-9-6-10-26-15/h4-10,13H,3,11-12H2,1-2H3,(H,20,24)(H,21,22)/t13-/m0/s1. The maximum Gasteiger partial charge on any atom is 0.325 e. The molecule has 1 atom stereocenters. The molecule has 0 aliphatic rings. The number of rotatable bonds is 9. The van der Waals surface area contributed by atoms with Gasteiger partial charge in [-0.05, 0) is 38.1 Å². The normalized spacial score (nSPS) is 11.3. The average molecular weight is 374 g/mol. The van der Waals surface area contributed by atoms with Crippen molar-refractivity contribution in [3.05, 3.63) is 54.0 Å². The van der Waals surface area contributed by atoms with Crippen molar-refractivity contribution in [3.8, 4) is 5.75 Å². The first kappa shape index (κ1) is 20.0. The lowest BCUT2D eigenvalue weighted by atomic mass is 10.2. The van der Waals surface area contributed by atoms with Crippen LogP contribution in [0.25, 0.3) is 0 Å². The molecule has 0 aliphatic carbocycles. The summed E-state index contributed by atoms with van der Waals surface area (Å²) in [5.74, 6) is -0.641. The van der Waals surface area contributed by atoms with Gasteiger partial charge in [-0.15, -0.1) is 0 Å². The van der Waals surface area contributed by atoms with Gasteiger partial charge in [-0.3, -0.25) is 14.4 Å². The maximum absolute atomic E-state index is 12.2. The maximum atomic E-state index is 12.2. The van der Waals surface area contributed by atoms with Gasteiger partial charge in [-0.1, -0.05) is 12.1 Å². The second-order valence-corrected chi connectivity index (χ2v) is 5.58. The van der Waals surface area contributed by atoms with E-state index in [-0.39, 0.29) is 12.6 Å². The van der Waals surface area contributed by atoms with Gasteiger partial charge in [-0.2, -0.15) is 0 Å². The Balaban J connectivity index is 1.74. The van der Waals surface area contributed by atoms with Crippen molar-refractivity contribution in [3.63, 3.8) is 0 Å². The molecule has 8 nitrogen and oxygen atoms in total. The fourth-order valence-electron chi connectivity index (χ4n) is 2.27. The zero-order valence-electron chi connectivity index (χ0n) is 15.2. The lowest BCUT2D eigenvalue weighted by Crippen LogP contribution is -2.34. The van der Waals surface area contributed by atoms with Gasteiger partial charge in [0.15, 0.2) is 6.61 Å². The first-order valence-corrected chi connectivity index (χ1v) is 8.49. The summed E-state index contributed by atoms with van der Waals surface area (Å²) in [6, 6.07) is 9.80. The van der Waals surface area contributed by atoms with E-state index in [9.17, 15) is 14.4 Å². The fraction of sp³-hybridized carbons (Fsp3) is 0.316. The molecule has 2 amide bonds. The third-order valence-electron chi connectivity index (χ3n) is 3.54. The zero-order chi connectivity index (χ0) is 19.6. The van der Waals surface area contributed by atoms with Crippen LogP contribution in [0.3, 0.4) is 0 Å². The fourth-order valence-corrected chi connectivity index (χ4v) is 2.27. The Morgan fingerprint density at radius 1 is 1.15 bits per heavy atom. The number of amides is 2. The topological polar surface area (TPSA) is 107 Å². The zero-order valence-corrected chi connectivity index (χ0v) is 15.2. The summed E-state index contributed by atoms with van der Waals surface area (Å²) in [7, 11) is 0. The molecule has 0 bridgehead atoms. The molecule has 1 aromatic heterocycles. The molecule has 0 aliphatic heterocycles. The quantitative estimate of drug-likeness (QED) is 0.649. The SMILES string of the molecule is CCOc1ccccc1C(=O)NCC(=O)OCC(=O)N[C@@H](C)c1ccco1. The molecule has 0 saturated carbocycles. The van der Waals surface area contributed by atoms with Gasteiger partial charge in [-0.25, -0.2) is 0 Å². The Kier molecular flexibility index (Phi) is 7.42. The van der Waals surface area contributed by atoms with Crippen LogP contribution in [0.4, 0.5) is 0 Å². The van der Waals surface area contributed by atoms with Crippen molar-refractivity contribution in [2.75, 3.05) is 19.8 Å². The minimum Gasteiger partial charge on any atom is -0.493 e. The van der Waals surface area contributed by atoms with Gasteiger partial charge in [0, 0.05) is 0 Å². The molecular formula is C19H22N2O6. The molecule has 0 unspecified atom stereocenters. The minimum atomic E-state index is -0.724. The van der Waals surface area contributed by atoms with E-state index >= 15 is 0 Å². The van der Waals surface area contributed by atoms with Crippen LogP contribution in [0.5, 0.6) is 5.75 Å². The van der Waals surface area contributed by atoms with Crippen LogP contribution >= 0.6 is 0 Å². The molecule has 27 heavy (non-hydrogen) atoms. The highest BCUT2D eigenvalue weighted by Gasteiger charge is 2.16. The number of hydrogen-bond donors (Lipinski definition) is 2. The number of ether oxygens (including phenoxy) is 2. The predicted molar refractivity (Wildman–Crippen MR) is 96.2 cm³/mol. The summed E-state index contributed by atoms with van der Waals surface area (Å²) < 4.78 is 15.4. The molecule has 1 aromatic carbocycles. The number of carbonyl (C=O) groups is 3. The van der Waals surface area contributed by atoms with E-state index in [0.717, 1.165) is 0 Å². The molecule has 144 valence electrons. The summed E-state index contributed by atoms with van der Waals surface area (Å²) in [5, 5.41) is 5.08. The van der Waals surface area contributed by atoms with Crippen LogP contribution in [0.15, 0.2) is 47.1 Å². The van der Waals surface area contributed by atoms with Gasteiger partial charge in [0.05, 0.1) is 24.5 Å². The molecule has 0 saturated heterocycles. The van der Waals surface area contributed by atoms with Crippen LogP contribution in [-0.4, -0.2) is 37.5 Å². The van der Waals surface area contributed by atoms with E-state index < -0.39 is 24.4 Å². The van der Waals surface area contributed by atoms with Gasteiger partial charge < -0.3 is 24.5 Å². The van der Waals surface area contributed by atoms with Crippen LogP contribution in [0, 0.1) is 0 Å². The van der Waals surface area contributed by atoms with Crippen molar-refractivity contribution in [2.45, 2.75) is 19.9 Å². The van der Waals surface area contributed by atoms with E-state index in [4.69, 9.17) is 13.9 Å². The monoisotopic (exact) mass is 374 g/mol. The number of hydrogen-bond acceptors (Lipinski definition) is 6. The van der Waals surface area contributed by atoms with Gasteiger partial charge in [0.25, 0.3) is 11.8 Å². The molecule has 0 radical (unpaired) electrons. The first-order valence-electron chi connectivity index (χ1n) is 8.49. The van der Waals surface area contributed by atoms with Gasteiger partial charge in [0.2, 0.25) is 0 Å². The molecule has 0 spiro atoms. The van der Waals surface area contributed by atoms with Crippen LogP contribution < -0.4 is 15.4 Å². The Morgan fingerprint density at radius 2 is 1.93 bits per heavy atom. The highest BCUT2D eigenvalue weighted by molar-refractivity contribution is 5.98. The Morgan fingerprint density at radius 3 is 2.63 bits per heavy atom. The second-order valence-electron chi connectivity index (χ2n) is 5.58. The summed E-state index contributed by atoms with van der Waals surface area (Å²) in [6.07, 6.45) is 1.50. The van der Waals surface area contributed by atoms with Crippen molar-refractivity contribution >= 4 is 17.8 Å². The van der Waals surface area contributed by atoms with Crippen molar-refractivity contribution in [1.29, 1.82) is 0 Å². The lowest BCUT2D eigenvalue weighted by Gasteiger charge is -2.12. The Bertz CT molecular complexity index is 772. The van der Waals surface area contributed by atoms with E-state index in [1.54, 1.807) is 43.3 Å². The second kappa shape index (κ2) is 10.0. The minimum absolute atomic E-state index is 0.317. The third kappa shape index (κ3) is 6.18. The average Bonchev–Trinajstić information content (AvgIpc) is 3.20. The van der Waals surface area contributed by atoms with Gasteiger partial charge >= 0.3 is 5.97 Å². The number of para-hydroxylation sites is 1. The van der Waals surface area contributed by atoms with Crippen LogP contribution in [0.1, 0.15) is 36.0 Å². The van der Waals surface area contributed by atoms with Crippen LogP contribution in [0.2, 0.25) is 0 Å². The molecule has 0 fully saturated rings. The summed E-state index contributed by atoms with van der Waals surface area (Å²) in [4.78, 5) is 35.7. The van der Waals surface area contributed by atoms with Crippen molar-refractivity contribution < 1.29 is 28.3 Å². The van der Waals surface area contributed by atoms with E-state index in [1.165, 1.54) is 6.26 Å². The highest BCUT2D eigenvalue weighted by Crippen LogP contribution is 2.17. The van der Waals surface area contributed by atoms with Crippen molar-refractivity contribution in [2.24, 2.45) is 0 Å². The Hall–Kier alpha value is -3.29. The summed E-state index contributed by atoms with van der Waals surface area (Å²) >= 11 is 0. The number of carbonyl (C=O) groups excluding carboxylic acids is 3. The summed E-state index contributed by atoms with van der Waals surface area (Å²) in [5.41, 5.74) is 0.317. The molecule has 2 aromatic rings. The first-order chi connectivity index (χ1) is 13.0. The highest BCUT2D eigenvalue weighted by atomic mass is 16.5. The van der Waals surface area contributed by atoms with E-state index in [0.29, 0.717) is 23.7 Å². The van der Waals surface area contributed by atoms with Crippen LogP contribution in [-0.2, 0) is 14.3 Å². The predicted octanol–water partition coefficient (Wildman–Crippen LogP) is 1.83. The number of esters is 1. The molecular weight excluding hydrogens is 352 g/mol. The number of nitrogens with one attached hydrogen (secondary N) is 2.